The zero-order valence-electron chi connectivity index (χ0n) is 18.6. The smallest absolute Gasteiger partial charge is 0.416 e. The van der Waals surface area contributed by atoms with E-state index in [0.717, 1.165) is 44.2 Å². The first-order valence-electron chi connectivity index (χ1n) is 11.2. The summed E-state index contributed by atoms with van der Waals surface area (Å²) in [5.74, 6) is 0.667. The monoisotopic (exact) mass is 421 g/mol. The number of ether oxygens (including phenoxy) is 1. The Morgan fingerprint density at radius 1 is 1.03 bits per heavy atom. The SMILES string of the molecule is CC(C)(C)OC(=O)N(c1ccc(C2CCCCN2C(=O)c2ccccc2)cn1)C1CC1. The number of likely N-dealkylation sites (tertiary alicyclic amines) is 1. The van der Waals surface area contributed by atoms with Crippen LogP contribution < -0.4 is 4.90 Å². The van der Waals surface area contributed by atoms with E-state index >= 15 is 0 Å². The second-order valence-corrected chi connectivity index (χ2v) is 9.41. The van der Waals surface area contributed by atoms with Crippen molar-refractivity contribution < 1.29 is 14.3 Å². The number of rotatable bonds is 4. The Morgan fingerprint density at radius 3 is 2.39 bits per heavy atom. The maximum atomic E-state index is 13.1. The van der Waals surface area contributed by atoms with Gasteiger partial charge in [0.25, 0.3) is 5.91 Å². The number of carbonyl (C=O) groups excluding carboxylic acids is 2. The van der Waals surface area contributed by atoms with Crippen LogP contribution in [0.1, 0.15) is 74.8 Å². The fourth-order valence-electron chi connectivity index (χ4n) is 4.08. The standard InChI is InChI=1S/C25H31N3O3/c1-25(2,3)31-24(30)28(20-13-14-20)22-15-12-19(17-26-22)21-11-7-8-16-27(21)23(29)18-9-5-4-6-10-18/h4-6,9-10,12,15,17,20-21H,7-8,11,13-14,16H2,1-3H3. The zero-order valence-corrected chi connectivity index (χ0v) is 18.6. The minimum atomic E-state index is -0.551. The molecule has 1 saturated heterocycles. The average molecular weight is 422 g/mol. The van der Waals surface area contributed by atoms with Gasteiger partial charge in [-0.3, -0.25) is 9.69 Å². The molecule has 1 aliphatic carbocycles. The molecule has 4 rings (SSSR count). The van der Waals surface area contributed by atoms with Crippen molar-refractivity contribution in [1.29, 1.82) is 0 Å². The lowest BCUT2D eigenvalue weighted by Gasteiger charge is -2.36. The molecule has 2 heterocycles. The molecule has 2 aliphatic rings. The third-order valence-corrected chi connectivity index (χ3v) is 5.69. The Balaban J connectivity index is 1.54. The van der Waals surface area contributed by atoms with Crippen LogP contribution in [0.4, 0.5) is 10.6 Å². The van der Waals surface area contributed by atoms with Gasteiger partial charge < -0.3 is 9.64 Å². The number of aromatic nitrogens is 1. The van der Waals surface area contributed by atoms with Gasteiger partial charge in [0.1, 0.15) is 11.4 Å². The number of hydrogen-bond donors (Lipinski definition) is 0. The van der Waals surface area contributed by atoms with Crippen molar-refractivity contribution in [2.45, 2.75) is 70.6 Å². The quantitative estimate of drug-likeness (QED) is 0.667. The maximum absolute atomic E-state index is 13.1. The second kappa shape index (κ2) is 8.69. The van der Waals surface area contributed by atoms with Gasteiger partial charge in [-0.25, -0.2) is 9.78 Å². The Hall–Kier alpha value is -2.89. The second-order valence-electron chi connectivity index (χ2n) is 9.41. The van der Waals surface area contributed by atoms with Crippen LogP contribution in [0.3, 0.4) is 0 Å². The summed E-state index contributed by atoms with van der Waals surface area (Å²) in [6.07, 6.45) is 6.39. The van der Waals surface area contributed by atoms with E-state index in [9.17, 15) is 9.59 Å². The summed E-state index contributed by atoms with van der Waals surface area (Å²) in [6.45, 7) is 6.35. The van der Waals surface area contributed by atoms with Gasteiger partial charge in [-0.1, -0.05) is 24.3 Å². The highest BCUT2D eigenvalue weighted by Crippen LogP contribution is 2.35. The summed E-state index contributed by atoms with van der Waals surface area (Å²) >= 11 is 0. The molecule has 2 amide bonds. The first kappa shape index (κ1) is 21.3. The van der Waals surface area contributed by atoms with Crippen LogP contribution in [0.25, 0.3) is 0 Å². The average Bonchev–Trinajstić information content (AvgIpc) is 3.58. The summed E-state index contributed by atoms with van der Waals surface area (Å²) in [4.78, 5) is 34.1. The molecule has 1 aromatic heterocycles. The van der Waals surface area contributed by atoms with Gasteiger partial charge in [0.15, 0.2) is 0 Å². The van der Waals surface area contributed by atoms with Crippen LogP contribution in [0.5, 0.6) is 0 Å². The number of benzene rings is 1. The third kappa shape index (κ3) is 5.06. The van der Waals surface area contributed by atoms with E-state index in [1.807, 2.05) is 74.3 Å². The molecule has 1 unspecified atom stereocenters. The molecule has 0 radical (unpaired) electrons. The molecule has 31 heavy (non-hydrogen) atoms. The van der Waals surface area contributed by atoms with E-state index in [-0.39, 0.29) is 24.1 Å². The van der Waals surface area contributed by atoms with Crippen LogP contribution in [0, 0.1) is 0 Å². The number of nitrogens with zero attached hydrogens (tertiary/aromatic N) is 3. The van der Waals surface area contributed by atoms with Crippen LogP contribution in [-0.4, -0.2) is 40.1 Å². The summed E-state index contributed by atoms with van der Waals surface area (Å²) in [7, 11) is 0. The van der Waals surface area contributed by atoms with Crippen molar-refractivity contribution in [3.8, 4) is 0 Å². The van der Waals surface area contributed by atoms with Crippen molar-refractivity contribution in [3.63, 3.8) is 0 Å². The Bertz CT molecular complexity index is 917. The molecule has 1 saturated carbocycles. The van der Waals surface area contributed by atoms with E-state index < -0.39 is 5.60 Å². The zero-order chi connectivity index (χ0) is 22.0. The molecular weight excluding hydrogens is 390 g/mol. The maximum Gasteiger partial charge on any atom is 0.416 e. The highest BCUT2D eigenvalue weighted by Gasteiger charge is 2.37. The largest absolute Gasteiger partial charge is 0.443 e. The summed E-state index contributed by atoms with van der Waals surface area (Å²) < 4.78 is 5.59. The highest BCUT2D eigenvalue weighted by atomic mass is 16.6. The van der Waals surface area contributed by atoms with E-state index in [1.165, 1.54) is 0 Å². The van der Waals surface area contributed by atoms with Crippen LogP contribution >= 0.6 is 0 Å². The van der Waals surface area contributed by atoms with Crippen LogP contribution in [0.2, 0.25) is 0 Å². The third-order valence-electron chi connectivity index (χ3n) is 5.69. The van der Waals surface area contributed by atoms with Gasteiger partial charge in [0, 0.05) is 24.3 Å². The Kier molecular flexibility index (Phi) is 5.99. The van der Waals surface area contributed by atoms with Crippen molar-refractivity contribution in [2.24, 2.45) is 0 Å². The fourth-order valence-corrected chi connectivity index (χ4v) is 4.08. The van der Waals surface area contributed by atoms with Gasteiger partial charge in [-0.2, -0.15) is 0 Å². The molecule has 1 atom stereocenters. The van der Waals surface area contributed by atoms with Gasteiger partial charge in [0.05, 0.1) is 6.04 Å². The number of pyridine rings is 1. The van der Waals surface area contributed by atoms with Gasteiger partial charge in [-0.05, 0) is 76.6 Å². The lowest BCUT2D eigenvalue weighted by atomic mass is 9.95. The molecule has 1 aromatic carbocycles. The molecular formula is C25H31N3O3. The number of hydrogen-bond acceptors (Lipinski definition) is 4. The summed E-state index contributed by atoms with van der Waals surface area (Å²) in [5.41, 5.74) is 1.17. The lowest BCUT2D eigenvalue weighted by molar-refractivity contribution is 0.0575. The van der Waals surface area contributed by atoms with E-state index in [1.54, 1.807) is 4.90 Å². The van der Waals surface area contributed by atoms with Crippen LogP contribution in [-0.2, 0) is 4.74 Å². The topological polar surface area (TPSA) is 62.7 Å². The van der Waals surface area contributed by atoms with E-state index in [4.69, 9.17) is 4.74 Å². The predicted molar refractivity (Wildman–Crippen MR) is 120 cm³/mol. The molecule has 6 heteroatoms. The highest BCUT2D eigenvalue weighted by molar-refractivity contribution is 5.94. The van der Waals surface area contributed by atoms with Crippen LogP contribution in [0.15, 0.2) is 48.7 Å². The molecule has 2 fully saturated rings. The molecule has 0 bridgehead atoms. The molecule has 1 aliphatic heterocycles. The Labute approximate surface area is 184 Å². The van der Waals surface area contributed by atoms with Crippen molar-refractivity contribution in [3.05, 3.63) is 59.8 Å². The number of piperidine rings is 1. The number of amides is 2. The number of anilines is 1. The van der Waals surface area contributed by atoms with E-state index in [0.29, 0.717) is 11.4 Å². The normalized spacial score (nSPS) is 19.1. The van der Waals surface area contributed by atoms with Gasteiger partial charge in [-0.15, -0.1) is 0 Å². The minimum Gasteiger partial charge on any atom is -0.443 e. The minimum absolute atomic E-state index is 0.00101. The van der Waals surface area contributed by atoms with E-state index in [2.05, 4.69) is 4.98 Å². The number of carbonyl (C=O) groups is 2. The molecule has 2 aromatic rings. The summed E-state index contributed by atoms with van der Waals surface area (Å²) in [5, 5.41) is 0. The molecule has 6 nitrogen and oxygen atoms in total. The Morgan fingerprint density at radius 2 is 1.77 bits per heavy atom. The van der Waals surface area contributed by atoms with Crippen molar-refractivity contribution >= 4 is 17.8 Å². The first-order chi connectivity index (χ1) is 14.8. The van der Waals surface area contributed by atoms with Crippen molar-refractivity contribution in [2.75, 3.05) is 11.4 Å². The molecule has 0 spiro atoms. The predicted octanol–water partition coefficient (Wildman–Crippen LogP) is 5.35. The van der Waals surface area contributed by atoms with Gasteiger partial charge >= 0.3 is 6.09 Å². The van der Waals surface area contributed by atoms with Crippen molar-refractivity contribution in [1.82, 2.24) is 9.88 Å². The lowest BCUT2D eigenvalue weighted by Crippen LogP contribution is -2.39. The molecule has 0 N–H and O–H groups in total. The first-order valence-corrected chi connectivity index (χ1v) is 11.2. The molecule has 164 valence electrons. The van der Waals surface area contributed by atoms with Gasteiger partial charge in [0.2, 0.25) is 0 Å². The summed E-state index contributed by atoms with van der Waals surface area (Å²) in [6, 6.07) is 13.5. The fraction of sp³-hybridized carbons (Fsp3) is 0.480.